The molecule has 5 rings (SSSR count). The molecule has 3 saturated carbocycles. The Morgan fingerprint density at radius 2 is 1.39 bits per heavy atom. The number of carbonyl (C=O) groups excluding carboxylic acids is 4. The summed E-state index contributed by atoms with van der Waals surface area (Å²) in [5.41, 5.74) is 3.60. The van der Waals surface area contributed by atoms with E-state index in [1.807, 2.05) is 9.36 Å². The molecule has 0 saturated heterocycles. The monoisotopic (exact) mass is 528 g/mol. The van der Waals surface area contributed by atoms with E-state index in [9.17, 15) is 19.2 Å². The summed E-state index contributed by atoms with van der Waals surface area (Å²) in [4.78, 5) is 43.7. The van der Waals surface area contributed by atoms with Gasteiger partial charge in [0.15, 0.2) is 6.29 Å². The van der Waals surface area contributed by atoms with Crippen molar-refractivity contribution in [1.82, 2.24) is 19.6 Å². The summed E-state index contributed by atoms with van der Waals surface area (Å²) >= 11 is 0. The molecular weight excluding hydrogens is 488 g/mol. The maximum absolute atomic E-state index is 11.5. The van der Waals surface area contributed by atoms with Gasteiger partial charge < -0.3 is 9.47 Å². The maximum Gasteiger partial charge on any atom is 0.341 e. The Kier molecular flexibility index (Phi) is 9.99. The average molecular weight is 529 g/mol. The van der Waals surface area contributed by atoms with Crippen LogP contribution in [0.25, 0.3) is 0 Å². The lowest BCUT2D eigenvalue weighted by Gasteiger charge is -2.11. The van der Waals surface area contributed by atoms with Crippen LogP contribution in [-0.2, 0) is 19.1 Å². The molecule has 0 N–H and O–H groups in total. The number of aldehydes is 1. The lowest BCUT2D eigenvalue weighted by molar-refractivity contribution is -0.143. The molecule has 38 heavy (non-hydrogen) atoms. The quantitative estimate of drug-likeness (QED) is 0.258. The number of ketones is 1. The molecule has 0 spiro atoms. The van der Waals surface area contributed by atoms with Crippen LogP contribution in [0.15, 0.2) is 12.4 Å². The summed E-state index contributed by atoms with van der Waals surface area (Å²) in [6, 6.07) is 0.642. The normalized spacial score (nSPS) is 16.2. The molecule has 3 fully saturated rings. The van der Waals surface area contributed by atoms with Crippen molar-refractivity contribution in [3.63, 3.8) is 0 Å². The second-order valence-electron chi connectivity index (χ2n) is 10.7. The number of rotatable bonds is 9. The van der Waals surface area contributed by atoms with Crippen LogP contribution in [0, 0.1) is 5.92 Å². The summed E-state index contributed by atoms with van der Waals surface area (Å²) < 4.78 is 13.0. The van der Waals surface area contributed by atoms with E-state index >= 15 is 0 Å². The number of aromatic nitrogens is 4. The van der Waals surface area contributed by atoms with Gasteiger partial charge in [0.25, 0.3) is 0 Å². The molecule has 0 atom stereocenters. The zero-order valence-electron chi connectivity index (χ0n) is 23.3. The van der Waals surface area contributed by atoms with Gasteiger partial charge in [-0.25, -0.2) is 4.79 Å². The molecule has 3 aliphatic carbocycles. The van der Waals surface area contributed by atoms with Gasteiger partial charge in [0.05, 0.1) is 43.6 Å². The Morgan fingerprint density at radius 1 is 0.868 bits per heavy atom. The zero-order chi connectivity index (χ0) is 28.0. The molecule has 0 bridgehead atoms. The number of hydrogen-bond donors (Lipinski definition) is 0. The Morgan fingerprint density at radius 3 is 1.84 bits per heavy atom. The van der Waals surface area contributed by atoms with Crippen molar-refractivity contribution in [2.75, 3.05) is 14.2 Å². The van der Waals surface area contributed by atoms with Crippen molar-refractivity contribution in [3.8, 4) is 0 Å². The Balaban J connectivity index is 0.000000161. The van der Waals surface area contributed by atoms with Crippen LogP contribution >= 0.6 is 0 Å². The molecule has 2 aromatic heterocycles. The third-order valence-corrected chi connectivity index (χ3v) is 6.72. The van der Waals surface area contributed by atoms with Crippen LogP contribution in [0.1, 0.15) is 129 Å². The highest BCUT2D eigenvalue weighted by molar-refractivity contribution is 5.97. The topological polar surface area (TPSA) is 122 Å². The van der Waals surface area contributed by atoms with Crippen LogP contribution in [0.2, 0.25) is 0 Å². The van der Waals surface area contributed by atoms with Crippen molar-refractivity contribution in [3.05, 3.63) is 34.9 Å². The highest BCUT2D eigenvalue weighted by atomic mass is 16.5. The van der Waals surface area contributed by atoms with Gasteiger partial charge >= 0.3 is 11.9 Å². The highest BCUT2D eigenvalue weighted by Gasteiger charge is 2.33. The third kappa shape index (κ3) is 7.61. The van der Waals surface area contributed by atoms with Gasteiger partial charge in [0, 0.05) is 29.8 Å². The van der Waals surface area contributed by atoms with Gasteiger partial charge in [-0.1, -0.05) is 0 Å². The molecule has 10 nitrogen and oxygen atoms in total. The first-order chi connectivity index (χ1) is 18.1. The van der Waals surface area contributed by atoms with E-state index in [1.165, 1.54) is 27.1 Å². The molecular formula is C28H40N4O6. The van der Waals surface area contributed by atoms with E-state index in [0.29, 0.717) is 29.5 Å². The predicted molar refractivity (Wildman–Crippen MR) is 140 cm³/mol. The smallest absolute Gasteiger partial charge is 0.341 e. The van der Waals surface area contributed by atoms with Crippen LogP contribution < -0.4 is 0 Å². The molecule has 0 aromatic carbocycles. The van der Waals surface area contributed by atoms with Crippen molar-refractivity contribution in [2.24, 2.45) is 5.92 Å². The van der Waals surface area contributed by atoms with E-state index < -0.39 is 5.97 Å². The minimum atomic E-state index is -0.420. The fourth-order valence-electron chi connectivity index (χ4n) is 4.25. The summed E-state index contributed by atoms with van der Waals surface area (Å²) in [6.07, 6.45) is 10.8. The molecule has 2 aromatic rings. The van der Waals surface area contributed by atoms with Gasteiger partial charge in [-0.15, -0.1) is 0 Å². The summed E-state index contributed by atoms with van der Waals surface area (Å²) in [7, 11) is 2.70. The second kappa shape index (κ2) is 13.0. The van der Waals surface area contributed by atoms with Crippen molar-refractivity contribution in [2.45, 2.75) is 96.6 Å². The number of ether oxygens (including phenoxy) is 2. The fraction of sp³-hybridized carbons (Fsp3) is 0.643. The SMILES string of the molecule is CC(C)n1ncc(C=O)c1C1CC1.COC(=O)CC(=O)C1CC1.COC(=O)c1cnn(C(C)C)c1C1CC1. The average Bonchev–Trinajstić information content (AvgIpc) is 3.79. The lowest BCUT2D eigenvalue weighted by Crippen LogP contribution is -2.10. The Labute approximate surface area is 224 Å². The minimum Gasteiger partial charge on any atom is -0.469 e. The molecule has 2 heterocycles. The second-order valence-corrected chi connectivity index (χ2v) is 10.7. The third-order valence-electron chi connectivity index (χ3n) is 6.72. The van der Waals surface area contributed by atoms with Crippen molar-refractivity contribution < 1.29 is 28.7 Å². The van der Waals surface area contributed by atoms with Crippen molar-refractivity contribution in [1.29, 1.82) is 0 Å². The first-order valence-electron chi connectivity index (χ1n) is 13.4. The number of Topliss-reactive ketones (excluding diaryl/α,β-unsaturated/α-hetero) is 1. The number of nitrogens with zero attached hydrogens (tertiary/aromatic N) is 4. The van der Waals surface area contributed by atoms with E-state index in [-0.39, 0.29) is 24.1 Å². The Hall–Kier alpha value is -3.30. The van der Waals surface area contributed by atoms with Crippen LogP contribution in [0.3, 0.4) is 0 Å². The minimum absolute atomic E-state index is 0.0341. The van der Waals surface area contributed by atoms with Gasteiger partial charge in [-0.2, -0.15) is 10.2 Å². The standard InChI is InChI=1S/C11H16N2O2.C10H14N2O.C7H10O3/c1-7(2)13-10(8-4-5-8)9(6-12-13)11(14)15-3;1-7(2)12-10(8-3-4-8)9(6-13)5-11-12;1-10-7(9)4-6(8)5-2-3-5/h6-8H,4-5H2,1-3H3;5-8H,3-4H2,1-2H3;5H,2-4H2,1H3. The Bertz CT molecular complexity index is 1140. The molecule has 0 amide bonds. The van der Waals surface area contributed by atoms with Crippen LogP contribution in [0.4, 0.5) is 0 Å². The van der Waals surface area contributed by atoms with E-state index in [1.54, 1.807) is 12.4 Å². The molecule has 0 aliphatic heterocycles. The van der Waals surface area contributed by atoms with Gasteiger partial charge in [-0.3, -0.25) is 23.7 Å². The first kappa shape index (κ1) is 29.3. The number of hydrogen-bond acceptors (Lipinski definition) is 8. The summed E-state index contributed by atoms with van der Waals surface area (Å²) in [5, 5.41) is 8.49. The van der Waals surface area contributed by atoms with E-state index in [2.05, 4.69) is 42.6 Å². The lowest BCUT2D eigenvalue weighted by atomic mass is 10.1. The van der Waals surface area contributed by atoms with Gasteiger partial charge in [0.2, 0.25) is 0 Å². The van der Waals surface area contributed by atoms with Crippen molar-refractivity contribution >= 4 is 24.0 Å². The number of methoxy groups -OCH3 is 2. The van der Waals surface area contributed by atoms with E-state index in [4.69, 9.17) is 4.74 Å². The first-order valence-corrected chi connectivity index (χ1v) is 13.4. The molecule has 3 aliphatic rings. The zero-order valence-corrected chi connectivity index (χ0v) is 23.3. The number of carbonyl (C=O) groups is 4. The maximum atomic E-state index is 11.5. The number of esters is 2. The summed E-state index contributed by atoms with van der Waals surface area (Å²) in [5.74, 6) is 0.598. The largest absolute Gasteiger partial charge is 0.469 e. The van der Waals surface area contributed by atoms with Crippen LogP contribution in [-0.4, -0.2) is 57.8 Å². The molecule has 10 heteroatoms. The molecule has 208 valence electrons. The van der Waals surface area contributed by atoms with Gasteiger partial charge in [0.1, 0.15) is 17.8 Å². The summed E-state index contributed by atoms with van der Waals surface area (Å²) in [6.45, 7) is 8.32. The van der Waals surface area contributed by atoms with Gasteiger partial charge in [-0.05, 0) is 66.2 Å². The highest BCUT2D eigenvalue weighted by Crippen LogP contribution is 2.43. The van der Waals surface area contributed by atoms with E-state index in [0.717, 1.165) is 48.9 Å². The fourth-order valence-corrected chi connectivity index (χ4v) is 4.25. The van der Waals surface area contributed by atoms with Crippen LogP contribution in [0.5, 0.6) is 0 Å². The molecule has 0 unspecified atom stereocenters. The molecule has 0 radical (unpaired) electrons. The predicted octanol–water partition coefficient (Wildman–Crippen LogP) is 4.81.